The van der Waals surface area contributed by atoms with Gasteiger partial charge in [-0.3, -0.25) is 4.99 Å². The van der Waals surface area contributed by atoms with Gasteiger partial charge in [0.2, 0.25) is 0 Å². The summed E-state index contributed by atoms with van der Waals surface area (Å²) in [6, 6.07) is 16.6. The van der Waals surface area contributed by atoms with Gasteiger partial charge in [-0.15, -0.1) is 0 Å². The summed E-state index contributed by atoms with van der Waals surface area (Å²) < 4.78 is 0. The van der Waals surface area contributed by atoms with Crippen LogP contribution in [0, 0.1) is 13.8 Å². The third-order valence-electron chi connectivity index (χ3n) is 7.41. The number of aliphatic imine (C=N–C) groups is 2. The van der Waals surface area contributed by atoms with Gasteiger partial charge in [-0.05, 0) is 75.1 Å². The number of hydrogen-bond acceptors (Lipinski definition) is 2. The van der Waals surface area contributed by atoms with Crippen molar-refractivity contribution in [3.05, 3.63) is 71.8 Å². The maximum atomic E-state index is 4.97. The van der Waals surface area contributed by atoms with Crippen molar-refractivity contribution in [1.29, 1.82) is 0 Å². The Morgan fingerprint density at radius 3 is 1.69 bits per heavy atom. The van der Waals surface area contributed by atoms with E-state index in [0.717, 1.165) is 29.2 Å². The molecule has 39 heavy (non-hydrogen) atoms. The van der Waals surface area contributed by atoms with Crippen molar-refractivity contribution < 1.29 is 16.5 Å². The fourth-order valence-electron chi connectivity index (χ4n) is 4.75. The molecule has 2 rings (SSSR count). The van der Waals surface area contributed by atoms with Crippen molar-refractivity contribution in [3.8, 4) is 0 Å². The van der Waals surface area contributed by atoms with Crippen LogP contribution >= 0.6 is 0 Å². The van der Waals surface area contributed by atoms with E-state index in [1.807, 2.05) is 30.3 Å². The van der Waals surface area contributed by atoms with E-state index >= 15 is 0 Å². The van der Waals surface area contributed by atoms with Crippen molar-refractivity contribution in [1.82, 2.24) is 0 Å². The second-order valence-electron chi connectivity index (χ2n) is 10.9. The molecule has 0 heterocycles. The van der Waals surface area contributed by atoms with Crippen molar-refractivity contribution >= 4 is 22.8 Å². The SMILES string of the molecule is CCCCCCCCCCCCCCCCC/C=C/C(=N\c1ccc(C)c(C)c1)C(/C)=N/c1ccccc1.[Ni]. The summed E-state index contributed by atoms with van der Waals surface area (Å²) >= 11 is 0. The molecule has 0 unspecified atom stereocenters. The van der Waals surface area contributed by atoms with E-state index in [-0.39, 0.29) is 16.5 Å². The number of hydrogen-bond donors (Lipinski definition) is 0. The average molecular weight is 574 g/mol. The number of aryl methyl sites for hydroxylation is 2. The third kappa shape index (κ3) is 16.7. The average Bonchev–Trinajstić information content (AvgIpc) is 2.92. The Kier molecular flexibility index (Phi) is 20.5. The smallest absolute Gasteiger partial charge is 0.0845 e. The number of unbranched alkanes of at least 4 members (excludes halogenated alkanes) is 15. The monoisotopic (exact) mass is 572 g/mol. The first-order chi connectivity index (χ1) is 18.6. The predicted octanol–water partition coefficient (Wildman–Crippen LogP) is 12.0. The van der Waals surface area contributed by atoms with Crippen LogP contribution in [0.4, 0.5) is 11.4 Å². The molecule has 0 radical (unpaired) electrons. The minimum absolute atomic E-state index is 0. The van der Waals surface area contributed by atoms with E-state index in [2.05, 4.69) is 58.0 Å². The second-order valence-corrected chi connectivity index (χ2v) is 10.9. The Morgan fingerprint density at radius 2 is 1.15 bits per heavy atom. The van der Waals surface area contributed by atoms with E-state index in [1.54, 1.807) is 0 Å². The van der Waals surface area contributed by atoms with Crippen molar-refractivity contribution in [2.75, 3.05) is 0 Å². The van der Waals surface area contributed by atoms with Crippen LogP contribution in [0.2, 0.25) is 0 Å². The number of allylic oxidation sites excluding steroid dienone is 2. The van der Waals surface area contributed by atoms with Crippen LogP contribution in [0.5, 0.6) is 0 Å². The molecule has 0 N–H and O–H groups in total. The molecule has 0 fully saturated rings. The van der Waals surface area contributed by atoms with Crippen molar-refractivity contribution in [2.24, 2.45) is 9.98 Å². The van der Waals surface area contributed by atoms with Crippen LogP contribution in [-0.2, 0) is 16.5 Å². The maximum Gasteiger partial charge on any atom is 0.0845 e. The molecule has 0 amide bonds. The van der Waals surface area contributed by atoms with Crippen LogP contribution in [0.3, 0.4) is 0 Å². The topological polar surface area (TPSA) is 24.7 Å². The number of rotatable bonds is 20. The summed E-state index contributed by atoms with van der Waals surface area (Å²) in [7, 11) is 0. The molecule has 0 spiro atoms. The summed E-state index contributed by atoms with van der Waals surface area (Å²) in [5.74, 6) is 0. The van der Waals surface area contributed by atoms with E-state index in [1.165, 1.54) is 107 Å². The minimum Gasteiger partial charge on any atom is -0.252 e. The largest absolute Gasteiger partial charge is 0.252 e. The molecular weight excluding hydrogens is 519 g/mol. The molecule has 0 aliphatic carbocycles. The first-order valence-electron chi connectivity index (χ1n) is 15.5. The van der Waals surface area contributed by atoms with Crippen molar-refractivity contribution in [3.63, 3.8) is 0 Å². The predicted molar refractivity (Wildman–Crippen MR) is 171 cm³/mol. The fraction of sp³-hybridized carbons (Fsp3) is 0.556. The van der Waals surface area contributed by atoms with Gasteiger partial charge in [-0.1, -0.05) is 127 Å². The maximum absolute atomic E-state index is 4.97. The molecule has 0 aliphatic rings. The zero-order valence-corrected chi connectivity index (χ0v) is 26.3. The Hall–Kier alpha value is -1.99. The number of nitrogens with zero attached hydrogens (tertiary/aromatic N) is 2. The molecule has 0 aromatic heterocycles. The molecule has 0 atom stereocenters. The Morgan fingerprint density at radius 1 is 0.615 bits per heavy atom. The molecule has 3 heteroatoms. The zero-order valence-electron chi connectivity index (χ0n) is 25.3. The van der Waals surface area contributed by atoms with E-state index in [0.29, 0.717) is 0 Å². The van der Waals surface area contributed by atoms with Gasteiger partial charge < -0.3 is 0 Å². The second kappa shape index (κ2) is 22.8. The quantitative estimate of drug-likeness (QED) is 0.0855. The summed E-state index contributed by atoms with van der Waals surface area (Å²) in [6.07, 6.45) is 26.6. The van der Waals surface area contributed by atoms with Gasteiger partial charge >= 0.3 is 0 Å². The molecule has 0 saturated heterocycles. The van der Waals surface area contributed by atoms with Crippen LogP contribution in [-0.4, -0.2) is 11.4 Å². The first-order valence-corrected chi connectivity index (χ1v) is 15.5. The summed E-state index contributed by atoms with van der Waals surface area (Å²) in [5.41, 5.74) is 6.41. The number of benzene rings is 2. The normalized spacial score (nSPS) is 12.2. The molecule has 218 valence electrons. The van der Waals surface area contributed by atoms with Crippen LogP contribution < -0.4 is 0 Å². The van der Waals surface area contributed by atoms with Gasteiger partial charge in [0.1, 0.15) is 0 Å². The van der Waals surface area contributed by atoms with Crippen LogP contribution in [0.15, 0.2) is 70.7 Å². The van der Waals surface area contributed by atoms with E-state index in [4.69, 9.17) is 9.98 Å². The van der Waals surface area contributed by atoms with Gasteiger partial charge in [0.15, 0.2) is 0 Å². The molecular formula is C36H54N2Ni. The standard InChI is InChI=1S/C36H54N2.Ni/c1-5-6-7-8-9-10-11-12-13-14-15-16-17-18-19-20-24-27-36(33(4)37-34-25-22-21-23-26-34)38-35-29-28-31(2)32(3)30-35;/h21-30H,5-20H2,1-4H3;/b27-24+,37-33+,38-36+;. The Labute approximate surface area is 250 Å². The summed E-state index contributed by atoms with van der Waals surface area (Å²) in [6.45, 7) is 8.64. The van der Waals surface area contributed by atoms with Crippen molar-refractivity contribution in [2.45, 2.75) is 130 Å². The minimum atomic E-state index is 0. The van der Waals surface area contributed by atoms with Gasteiger partial charge in [0.25, 0.3) is 0 Å². The fourth-order valence-corrected chi connectivity index (χ4v) is 4.75. The van der Waals surface area contributed by atoms with E-state index < -0.39 is 0 Å². The summed E-state index contributed by atoms with van der Waals surface area (Å²) in [4.78, 5) is 9.79. The van der Waals surface area contributed by atoms with Crippen LogP contribution in [0.25, 0.3) is 0 Å². The molecule has 2 aromatic rings. The third-order valence-corrected chi connectivity index (χ3v) is 7.41. The van der Waals surface area contributed by atoms with E-state index in [9.17, 15) is 0 Å². The molecule has 2 aromatic carbocycles. The number of para-hydroxylation sites is 1. The summed E-state index contributed by atoms with van der Waals surface area (Å²) in [5, 5.41) is 0. The Bertz CT molecular complexity index is 975. The van der Waals surface area contributed by atoms with Gasteiger partial charge in [0.05, 0.1) is 22.8 Å². The first kappa shape index (κ1) is 35.0. The molecule has 0 bridgehead atoms. The molecule has 2 nitrogen and oxygen atoms in total. The molecule has 0 aliphatic heterocycles. The zero-order chi connectivity index (χ0) is 27.3. The van der Waals surface area contributed by atoms with Gasteiger partial charge in [-0.2, -0.15) is 0 Å². The molecule has 0 saturated carbocycles. The van der Waals surface area contributed by atoms with Crippen LogP contribution in [0.1, 0.15) is 128 Å². The van der Waals surface area contributed by atoms with Gasteiger partial charge in [-0.25, -0.2) is 4.99 Å². The Balaban J connectivity index is 0.00000760. The van der Waals surface area contributed by atoms with Gasteiger partial charge in [0, 0.05) is 16.5 Å².